The first kappa shape index (κ1) is 33.6. The number of rotatable bonds is 14. The van der Waals surface area contributed by atoms with Crippen molar-refractivity contribution in [1.82, 2.24) is 10.2 Å². The van der Waals surface area contributed by atoms with Gasteiger partial charge in [0.25, 0.3) is 10.0 Å². The van der Waals surface area contributed by atoms with Crippen molar-refractivity contribution < 1.29 is 22.7 Å². The second-order valence-electron chi connectivity index (χ2n) is 10.7. The van der Waals surface area contributed by atoms with Crippen LogP contribution in [0.5, 0.6) is 5.75 Å². The van der Waals surface area contributed by atoms with E-state index in [9.17, 15) is 18.0 Å². The highest BCUT2D eigenvalue weighted by Crippen LogP contribution is 2.28. The second-order valence-corrected chi connectivity index (χ2v) is 13.0. The Kier molecular flexibility index (Phi) is 11.6. The van der Waals surface area contributed by atoms with Gasteiger partial charge in [-0.25, -0.2) is 8.42 Å². The highest BCUT2D eigenvalue weighted by atomic mass is 35.5. The lowest BCUT2D eigenvalue weighted by Gasteiger charge is -2.34. The van der Waals surface area contributed by atoms with Crippen molar-refractivity contribution in [3.8, 4) is 5.75 Å². The van der Waals surface area contributed by atoms with Gasteiger partial charge in [-0.15, -0.1) is 0 Å². The fourth-order valence-corrected chi connectivity index (χ4v) is 6.48. The van der Waals surface area contributed by atoms with Gasteiger partial charge in [0, 0.05) is 30.1 Å². The zero-order chi connectivity index (χ0) is 32.4. The molecule has 0 bridgehead atoms. The largest absolute Gasteiger partial charge is 0.497 e. The van der Waals surface area contributed by atoms with Crippen LogP contribution in [0.1, 0.15) is 31.4 Å². The summed E-state index contributed by atoms with van der Waals surface area (Å²) in [5.41, 5.74) is 1.80. The van der Waals surface area contributed by atoms with Crippen molar-refractivity contribution in [3.63, 3.8) is 0 Å². The summed E-state index contributed by atoms with van der Waals surface area (Å²) in [4.78, 5) is 29.9. The van der Waals surface area contributed by atoms with Gasteiger partial charge >= 0.3 is 0 Å². The van der Waals surface area contributed by atoms with Crippen LogP contribution in [-0.2, 0) is 32.6 Å². The van der Waals surface area contributed by atoms with Gasteiger partial charge < -0.3 is 15.0 Å². The Bertz CT molecular complexity index is 1690. The van der Waals surface area contributed by atoms with Crippen LogP contribution in [0.2, 0.25) is 5.02 Å². The summed E-state index contributed by atoms with van der Waals surface area (Å²) < 4.78 is 34.6. The van der Waals surface area contributed by atoms with E-state index in [1.807, 2.05) is 50.2 Å². The minimum atomic E-state index is -4.21. The smallest absolute Gasteiger partial charge is 0.264 e. The molecule has 10 heteroatoms. The molecule has 45 heavy (non-hydrogen) atoms. The standard InChI is InChI=1S/C35H38ClN3O5S/c1-4-26(2)37-35(41)33(22-27-13-7-5-8-14-27)38(24-28-15-11-16-29(36)21-28)34(40)25-39(30-17-12-18-31(23-30)44-3)45(42,43)32-19-9-6-10-20-32/h5-21,23,26,33H,4,22,24-25H2,1-3H3,(H,37,41)/t26-,33+/m1/s1. The molecule has 4 aromatic carbocycles. The van der Waals surface area contributed by atoms with E-state index in [0.29, 0.717) is 22.8 Å². The van der Waals surface area contributed by atoms with E-state index < -0.39 is 28.5 Å². The first-order valence-electron chi connectivity index (χ1n) is 14.7. The number of carbonyl (C=O) groups is 2. The Morgan fingerprint density at radius 2 is 1.51 bits per heavy atom. The zero-order valence-electron chi connectivity index (χ0n) is 25.6. The van der Waals surface area contributed by atoms with E-state index in [0.717, 1.165) is 9.87 Å². The molecule has 0 spiro atoms. The number of carbonyl (C=O) groups excluding carboxylic acids is 2. The van der Waals surface area contributed by atoms with Crippen LogP contribution in [0.25, 0.3) is 0 Å². The van der Waals surface area contributed by atoms with Gasteiger partial charge in [0.1, 0.15) is 18.3 Å². The van der Waals surface area contributed by atoms with Gasteiger partial charge in [0.05, 0.1) is 17.7 Å². The number of halogens is 1. The lowest BCUT2D eigenvalue weighted by atomic mass is 10.0. The maximum atomic E-state index is 14.5. The summed E-state index contributed by atoms with van der Waals surface area (Å²) in [6, 6.07) is 29.8. The predicted octanol–water partition coefficient (Wildman–Crippen LogP) is 6.10. The summed E-state index contributed by atoms with van der Waals surface area (Å²) in [5.74, 6) is -0.459. The van der Waals surface area contributed by atoms with Crippen LogP contribution in [-0.4, -0.2) is 50.9 Å². The molecule has 0 aliphatic rings. The molecule has 0 aromatic heterocycles. The van der Waals surface area contributed by atoms with E-state index in [4.69, 9.17) is 16.3 Å². The average molecular weight is 648 g/mol. The van der Waals surface area contributed by atoms with Gasteiger partial charge in [-0.3, -0.25) is 13.9 Å². The number of sulfonamides is 1. The zero-order valence-corrected chi connectivity index (χ0v) is 27.2. The quantitative estimate of drug-likeness (QED) is 0.179. The van der Waals surface area contributed by atoms with Crippen molar-refractivity contribution in [1.29, 1.82) is 0 Å². The van der Waals surface area contributed by atoms with Crippen molar-refractivity contribution in [2.75, 3.05) is 18.0 Å². The molecule has 8 nitrogen and oxygen atoms in total. The molecule has 236 valence electrons. The Morgan fingerprint density at radius 3 is 2.16 bits per heavy atom. The maximum Gasteiger partial charge on any atom is 0.264 e. The molecule has 4 rings (SSSR count). The highest BCUT2D eigenvalue weighted by Gasteiger charge is 2.35. The summed E-state index contributed by atoms with van der Waals surface area (Å²) >= 11 is 6.31. The van der Waals surface area contributed by atoms with Gasteiger partial charge in [-0.2, -0.15) is 0 Å². The number of hydrogen-bond donors (Lipinski definition) is 1. The van der Waals surface area contributed by atoms with E-state index in [-0.39, 0.29) is 35.5 Å². The number of amides is 2. The number of nitrogens with zero attached hydrogens (tertiary/aromatic N) is 2. The second kappa shape index (κ2) is 15.6. The maximum absolute atomic E-state index is 14.5. The minimum Gasteiger partial charge on any atom is -0.497 e. The molecule has 0 saturated carbocycles. The monoisotopic (exact) mass is 647 g/mol. The lowest BCUT2D eigenvalue weighted by Crippen LogP contribution is -2.54. The van der Waals surface area contributed by atoms with E-state index in [2.05, 4.69) is 5.32 Å². The van der Waals surface area contributed by atoms with E-state index in [1.165, 1.54) is 24.1 Å². The van der Waals surface area contributed by atoms with Crippen LogP contribution in [0, 0.1) is 0 Å². The van der Waals surface area contributed by atoms with Gasteiger partial charge in [0.15, 0.2) is 0 Å². The Hall–Kier alpha value is -4.34. The van der Waals surface area contributed by atoms with Crippen LogP contribution < -0.4 is 14.4 Å². The number of anilines is 1. The number of ether oxygens (including phenoxy) is 1. The molecule has 0 aliphatic heterocycles. The topological polar surface area (TPSA) is 96.0 Å². The molecule has 0 aliphatic carbocycles. The number of hydrogen-bond acceptors (Lipinski definition) is 5. The molecule has 0 unspecified atom stereocenters. The molecule has 1 N–H and O–H groups in total. The average Bonchev–Trinajstić information content (AvgIpc) is 3.05. The van der Waals surface area contributed by atoms with Crippen LogP contribution in [0.15, 0.2) is 114 Å². The first-order chi connectivity index (χ1) is 21.6. The summed E-state index contributed by atoms with van der Waals surface area (Å²) in [5, 5.41) is 3.51. The van der Waals surface area contributed by atoms with E-state index >= 15 is 0 Å². The highest BCUT2D eigenvalue weighted by molar-refractivity contribution is 7.92. The Labute approximate surface area is 270 Å². The third-order valence-corrected chi connectivity index (χ3v) is 9.49. The third-order valence-electron chi connectivity index (χ3n) is 7.47. The Balaban J connectivity index is 1.81. The van der Waals surface area contributed by atoms with Gasteiger partial charge in [-0.05, 0) is 60.9 Å². The Morgan fingerprint density at radius 1 is 0.867 bits per heavy atom. The summed E-state index contributed by atoms with van der Waals surface area (Å²) in [7, 11) is -2.72. The van der Waals surface area contributed by atoms with Crippen LogP contribution in [0.4, 0.5) is 5.69 Å². The van der Waals surface area contributed by atoms with E-state index in [1.54, 1.807) is 60.7 Å². The van der Waals surface area contributed by atoms with Crippen molar-refractivity contribution in [2.24, 2.45) is 0 Å². The SMILES string of the molecule is CC[C@@H](C)NC(=O)[C@H](Cc1ccccc1)N(Cc1cccc(Cl)c1)C(=O)CN(c1cccc(OC)c1)S(=O)(=O)c1ccccc1. The third kappa shape index (κ3) is 8.86. The molecule has 0 saturated heterocycles. The van der Waals surface area contributed by atoms with Crippen LogP contribution in [0.3, 0.4) is 0 Å². The molecule has 0 radical (unpaired) electrons. The molecular weight excluding hydrogens is 610 g/mol. The summed E-state index contributed by atoms with van der Waals surface area (Å²) in [6.45, 7) is 3.33. The van der Waals surface area contributed by atoms with Crippen molar-refractivity contribution in [2.45, 2.75) is 50.2 Å². The molecule has 0 heterocycles. The molecule has 2 amide bonds. The van der Waals surface area contributed by atoms with Crippen molar-refractivity contribution in [3.05, 3.63) is 125 Å². The molecule has 4 aromatic rings. The molecule has 2 atom stereocenters. The predicted molar refractivity (Wildman–Crippen MR) is 178 cm³/mol. The molecule has 0 fully saturated rings. The van der Waals surface area contributed by atoms with Crippen LogP contribution >= 0.6 is 11.6 Å². The summed E-state index contributed by atoms with van der Waals surface area (Å²) in [6.07, 6.45) is 0.922. The normalized spacial score (nSPS) is 12.5. The van der Waals surface area contributed by atoms with Gasteiger partial charge in [-0.1, -0.05) is 85.3 Å². The number of methoxy groups -OCH3 is 1. The number of benzene rings is 4. The minimum absolute atomic E-state index is 0.0253. The van der Waals surface area contributed by atoms with Gasteiger partial charge in [0.2, 0.25) is 11.8 Å². The fourth-order valence-electron chi connectivity index (χ4n) is 4.84. The molecular formula is C35H38ClN3O5S. The lowest BCUT2D eigenvalue weighted by molar-refractivity contribution is -0.140. The first-order valence-corrected chi connectivity index (χ1v) is 16.5. The number of nitrogens with one attached hydrogen (secondary N) is 1. The fraction of sp³-hybridized carbons (Fsp3) is 0.257. The van der Waals surface area contributed by atoms with Crippen molar-refractivity contribution >= 4 is 39.1 Å².